The molecule has 1 aromatic carbocycles. The van der Waals surface area contributed by atoms with Crippen LogP contribution in [0.15, 0.2) is 41.0 Å². The number of benzene rings is 1. The monoisotopic (exact) mass is 273 g/mol. The van der Waals surface area contributed by atoms with Gasteiger partial charge in [-0.1, -0.05) is 12.1 Å². The fourth-order valence-corrected chi connectivity index (χ4v) is 1.77. The quantitative estimate of drug-likeness (QED) is 0.868. The molecule has 0 unspecified atom stereocenters. The summed E-state index contributed by atoms with van der Waals surface area (Å²) >= 11 is 0. The highest BCUT2D eigenvalue weighted by atomic mass is 16.5. The number of methoxy groups -OCH3 is 1. The molecule has 2 rings (SSSR count). The first-order valence-corrected chi connectivity index (χ1v) is 6.11. The Labute approximate surface area is 116 Å². The first kappa shape index (κ1) is 13.9. The summed E-state index contributed by atoms with van der Waals surface area (Å²) in [4.78, 5) is 23.2. The van der Waals surface area contributed by atoms with Crippen LogP contribution in [-0.4, -0.2) is 19.0 Å². The number of rotatable bonds is 4. The fraction of sp³-hybridized carbons (Fsp3) is 0.200. The topological polar surface area (TPSA) is 68.5 Å². The molecule has 20 heavy (non-hydrogen) atoms. The summed E-state index contributed by atoms with van der Waals surface area (Å²) in [7, 11) is 1.34. The summed E-state index contributed by atoms with van der Waals surface area (Å²) in [5.74, 6) is 0.0199. The summed E-state index contributed by atoms with van der Waals surface area (Å²) in [6.07, 6.45) is 1.48. The van der Waals surface area contributed by atoms with Gasteiger partial charge in [-0.05, 0) is 30.7 Å². The third kappa shape index (κ3) is 3.06. The predicted octanol–water partition coefficient (Wildman–Crippen LogP) is 2.30. The maximum atomic E-state index is 11.9. The molecular weight excluding hydrogens is 258 g/mol. The van der Waals surface area contributed by atoms with E-state index in [2.05, 4.69) is 10.1 Å². The lowest BCUT2D eigenvalue weighted by atomic mass is 10.1. The SMILES string of the molecule is COC(=O)c1ccc(CNC(=O)c2ccoc2C)cc1. The van der Waals surface area contributed by atoms with Crippen molar-refractivity contribution >= 4 is 11.9 Å². The van der Waals surface area contributed by atoms with E-state index in [0.29, 0.717) is 23.4 Å². The molecule has 104 valence electrons. The molecule has 5 nitrogen and oxygen atoms in total. The molecule has 0 fully saturated rings. The van der Waals surface area contributed by atoms with Crippen LogP contribution in [-0.2, 0) is 11.3 Å². The summed E-state index contributed by atoms with van der Waals surface area (Å²) in [5.41, 5.74) is 1.90. The molecule has 1 aromatic heterocycles. The van der Waals surface area contributed by atoms with Gasteiger partial charge >= 0.3 is 5.97 Å². The van der Waals surface area contributed by atoms with Crippen LogP contribution in [0.25, 0.3) is 0 Å². The number of carbonyl (C=O) groups excluding carboxylic acids is 2. The predicted molar refractivity (Wildman–Crippen MR) is 72.4 cm³/mol. The van der Waals surface area contributed by atoms with Gasteiger partial charge in [-0.3, -0.25) is 4.79 Å². The van der Waals surface area contributed by atoms with Crippen molar-refractivity contribution in [1.82, 2.24) is 5.32 Å². The largest absolute Gasteiger partial charge is 0.469 e. The van der Waals surface area contributed by atoms with E-state index < -0.39 is 0 Å². The number of hydrogen-bond acceptors (Lipinski definition) is 4. The Morgan fingerprint density at radius 3 is 2.45 bits per heavy atom. The number of nitrogens with one attached hydrogen (secondary N) is 1. The van der Waals surface area contributed by atoms with Crippen molar-refractivity contribution in [2.45, 2.75) is 13.5 Å². The van der Waals surface area contributed by atoms with Crippen molar-refractivity contribution in [2.24, 2.45) is 0 Å². The molecule has 0 aliphatic carbocycles. The Morgan fingerprint density at radius 2 is 1.90 bits per heavy atom. The molecular formula is C15H15NO4. The summed E-state index contributed by atoms with van der Waals surface area (Å²) in [6.45, 7) is 2.12. The Hall–Kier alpha value is -2.56. The van der Waals surface area contributed by atoms with Crippen LogP contribution >= 0.6 is 0 Å². The molecule has 2 aromatic rings. The molecule has 0 saturated heterocycles. The molecule has 0 spiro atoms. The molecule has 1 heterocycles. The zero-order valence-corrected chi connectivity index (χ0v) is 11.3. The molecule has 0 bridgehead atoms. The number of carbonyl (C=O) groups is 2. The number of ether oxygens (including phenoxy) is 1. The Kier molecular flexibility index (Phi) is 4.20. The van der Waals surface area contributed by atoms with Gasteiger partial charge in [0.05, 0.1) is 24.5 Å². The van der Waals surface area contributed by atoms with E-state index in [4.69, 9.17) is 4.42 Å². The van der Waals surface area contributed by atoms with Crippen LogP contribution in [0.1, 0.15) is 32.0 Å². The molecule has 0 atom stereocenters. The molecule has 0 aliphatic heterocycles. The van der Waals surface area contributed by atoms with Gasteiger partial charge < -0.3 is 14.5 Å². The van der Waals surface area contributed by atoms with Gasteiger partial charge in [-0.2, -0.15) is 0 Å². The van der Waals surface area contributed by atoms with Gasteiger partial charge in [-0.25, -0.2) is 4.79 Å². The van der Waals surface area contributed by atoms with E-state index in [1.54, 1.807) is 37.3 Å². The first-order valence-electron chi connectivity index (χ1n) is 6.11. The van der Waals surface area contributed by atoms with E-state index in [1.165, 1.54) is 13.4 Å². The number of aryl methyl sites for hydroxylation is 1. The number of esters is 1. The van der Waals surface area contributed by atoms with E-state index in [9.17, 15) is 9.59 Å². The van der Waals surface area contributed by atoms with Gasteiger partial charge in [0.2, 0.25) is 0 Å². The molecule has 0 radical (unpaired) electrons. The molecule has 5 heteroatoms. The van der Waals surface area contributed by atoms with Gasteiger partial charge in [-0.15, -0.1) is 0 Å². The van der Waals surface area contributed by atoms with Crippen molar-refractivity contribution in [3.05, 3.63) is 59.0 Å². The molecule has 1 amide bonds. The maximum Gasteiger partial charge on any atom is 0.337 e. The molecule has 1 N–H and O–H groups in total. The van der Waals surface area contributed by atoms with Gasteiger partial charge in [0, 0.05) is 6.54 Å². The van der Waals surface area contributed by atoms with Crippen molar-refractivity contribution in [1.29, 1.82) is 0 Å². The number of furan rings is 1. The van der Waals surface area contributed by atoms with Crippen LogP contribution < -0.4 is 5.32 Å². The summed E-state index contributed by atoms with van der Waals surface area (Å²) in [6, 6.07) is 8.50. The Morgan fingerprint density at radius 1 is 1.20 bits per heavy atom. The third-order valence-corrected chi connectivity index (χ3v) is 2.93. The van der Waals surface area contributed by atoms with Gasteiger partial charge in [0.1, 0.15) is 5.76 Å². The Balaban J connectivity index is 1.96. The standard InChI is InChI=1S/C15H15NO4/c1-10-13(7-8-20-10)14(17)16-9-11-3-5-12(6-4-11)15(18)19-2/h3-8H,9H2,1-2H3,(H,16,17). The normalized spacial score (nSPS) is 10.1. The molecule has 0 aliphatic rings. The van der Waals surface area contributed by atoms with Crippen molar-refractivity contribution in [3.63, 3.8) is 0 Å². The fourth-order valence-electron chi connectivity index (χ4n) is 1.77. The summed E-state index contributed by atoms with van der Waals surface area (Å²) in [5, 5.41) is 2.79. The van der Waals surface area contributed by atoms with Crippen LogP contribution in [0.5, 0.6) is 0 Å². The van der Waals surface area contributed by atoms with Crippen molar-refractivity contribution in [2.75, 3.05) is 7.11 Å². The minimum absolute atomic E-state index is 0.187. The van der Waals surface area contributed by atoms with Crippen molar-refractivity contribution in [3.8, 4) is 0 Å². The third-order valence-electron chi connectivity index (χ3n) is 2.93. The van der Waals surface area contributed by atoms with Gasteiger partial charge in [0.25, 0.3) is 5.91 Å². The van der Waals surface area contributed by atoms with Crippen LogP contribution in [0, 0.1) is 6.92 Å². The van der Waals surface area contributed by atoms with Crippen LogP contribution in [0.3, 0.4) is 0 Å². The average molecular weight is 273 g/mol. The highest BCUT2D eigenvalue weighted by molar-refractivity contribution is 5.95. The van der Waals surface area contributed by atoms with Crippen molar-refractivity contribution < 1.29 is 18.7 Å². The highest BCUT2D eigenvalue weighted by Gasteiger charge is 2.11. The maximum absolute atomic E-state index is 11.9. The minimum atomic E-state index is -0.380. The van der Waals surface area contributed by atoms with E-state index in [0.717, 1.165) is 5.56 Å². The van der Waals surface area contributed by atoms with Crippen LogP contribution in [0.2, 0.25) is 0 Å². The second-order valence-corrected chi connectivity index (χ2v) is 4.26. The zero-order chi connectivity index (χ0) is 14.5. The highest BCUT2D eigenvalue weighted by Crippen LogP contribution is 2.09. The minimum Gasteiger partial charge on any atom is -0.469 e. The smallest absolute Gasteiger partial charge is 0.337 e. The Bertz CT molecular complexity index is 613. The number of hydrogen-bond donors (Lipinski definition) is 1. The zero-order valence-electron chi connectivity index (χ0n) is 11.3. The van der Waals surface area contributed by atoms with E-state index >= 15 is 0 Å². The second kappa shape index (κ2) is 6.06. The van der Waals surface area contributed by atoms with E-state index in [-0.39, 0.29) is 11.9 Å². The van der Waals surface area contributed by atoms with Crippen LogP contribution in [0.4, 0.5) is 0 Å². The second-order valence-electron chi connectivity index (χ2n) is 4.26. The average Bonchev–Trinajstić information content (AvgIpc) is 2.90. The first-order chi connectivity index (χ1) is 9.61. The summed E-state index contributed by atoms with van der Waals surface area (Å²) < 4.78 is 9.70. The lowest BCUT2D eigenvalue weighted by molar-refractivity contribution is 0.0600. The lowest BCUT2D eigenvalue weighted by Crippen LogP contribution is -2.22. The van der Waals surface area contributed by atoms with Gasteiger partial charge in [0.15, 0.2) is 0 Å². The number of amides is 1. The lowest BCUT2D eigenvalue weighted by Gasteiger charge is -2.05. The molecule has 0 saturated carbocycles. The van der Waals surface area contributed by atoms with E-state index in [1.807, 2.05) is 0 Å².